The van der Waals surface area contributed by atoms with E-state index in [1.54, 1.807) is 0 Å². The van der Waals surface area contributed by atoms with Gasteiger partial charge in [-0.1, -0.05) is 364 Å². The molecule has 81 heavy (non-hydrogen) atoms. The molecule has 0 amide bonds. The van der Waals surface area contributed by atoms with Crippen molar-refractivity contribution in [1.29, 1.82) is 0 Å². The summed E-state index contributed by atoms with van der Waals surface area (Å²) in [7, 11) is -1.78. The van der Waals surface area contributed by atoms with Crippen LogP contribution in [-0.4, -0.2) is 0 Å². The van der Waals surface area contributed by atoms with Gasteiger partial charge in [0, 0.05) is 102 Å². The first-order valence-electron chi connectivity index (χ1n) is 25.6. The SMILES string of the molecule is [Pd].[Pd].[Pd].[Pd].[Pd].c1ccc(P(c2ccccc2)c2ccccc2)cc1.c1ccc(P(c2ccccc2)c2ccccc2)cc1.c1ccc(P(c2ccccc2)c2ccccc2)cc1.c1ccc(P(c2ccccc2)c2ccccc2)cc1. The Kier molecular flexibility index (Phi) is 33.5. The Morgan fingerprint density at radius 2 is 0.160 bits per heavy atom. The monoisotopic (exact) mass is 1580 g/mol. The predicted molar refractivity (Wildman–Crippen MR) is 341 cm³/mol. The minimum Gasteiger partial charge on any atom is -0.0622 e. The van der Waals surface area contributed by atoms with Gasteiger partial charge in [-0.05, 0) is 95.3 Å². The molecule has 0 unspecified atom stereocenters. The van der Waals surface area contributed by atoms with E-state index in [2.05, 4.69) is 364 Å². The van der Waals surface area contributed by atoms with Crippen LogP contribution in [0.25, 0.3) is 0 Å². The normalized spacial score (nSPS) is 9.93. The Labute approximate surface area is 555 Å². The van der Waals surface area contributed by atoms with E-state index in [1.165, 1.54) is 63.7 Å². The molecular weight excluding hydrogens is 1520 g/mol. The molecule has 0 aliphatic carbocycles. The molecule has 0 heterocycles. The molecule has 0 bridgehead atoms. The Bertz CT molecular complexity index is 2600. The quantitative estimate of drug-likeness (QED) is 0.0845. The van der Waals surface area contributed by atoms with Gasteiger partial charge in [-0.3, -0.25) is 0 Å². The van der Waals surface area contributed by atoms with E-state index in [9.17, 15) is 0 Å². The molecule has 12 rings (SSSR count). The van der Waals surface area contributed by atoms with Gasteiger partial charge in [0.05, 0.1) is 0 Å². The summed E-state index contributed by atoms with van der Waals surface area (Å²) in [5.74, 6) is 0. The minimum absolute atomic E-state index is 0. The molecule has 12 aromatic carbocycles. The number of benzene rings is 12. The topological polar surface area (TPSA) is 0 Å². The smallest absolute Gasteiger partial charge is 0 e. The number of hydrogen-bond acceptors (Lipinski definition) is 0. The maximum absolute atomic E-state index is 2.23. The molecule has 0 nitrogen and oxygen atoms in total. The third kappa shape index (κ3) is 21.1. The molecule has 418 valence electrons. The van der Waals surface area contributed by atoms with Crippen LogP contribution < -0.4 is 63.7 Å². The Morgan fingerprint density at radius 1 is 0.0988 bits per heavy atom. The summed E-state index contributed by atoms with van der Waals surface area (Å²) < 4.78 is 0. The van der Waals surface area contributed by atoms with Gasteiger partial charge in [0.25, 0.3) is 0 Å². The van der Waals surface area contributed by atoms with Gasteiger partial charge in [0.15, 0.2) is 0 Å². The fourth-order valence-corrected chi connectivity index (χ4v) is 17.9. The predicted octanol–water partition coefficient (Wildman–Crippen LogP) is 13.8. The first kappa shape index (κ1) is 69.2. The largest absolute Gasteiger partial charge is 0.0622 e. The Hall–Kier alpha value is -4.33. The van der Waals surface area contributed by atoms with Crippen molar-refractivity contribution in [1.82, 2.24) is 0 Å². The van der Waals surface area contributed by atoms with Crippen molar-refractivity contribution >= 4 is 95.3 Å². The van der Waals surface area contributed by atoms with Crippen LogP contribution in [0.3, 0.4) is 0 Å². The summed E-state index contributed by atoms with van der Waals surface area (Å²) in [5.41, 5.74) is 0. The average molecular weight is 1580 g/mol. The standard InChI is InChI=1S/4C18H15P.5Pd/c4*1-4-10-16(11-5-1)19(17-12-6-2-7-13-17)18-14-8-3-9-15-18;;;;;/h4*1-15H;;;;;. The zero-order chi connectivity index (χ0) is 51.7. The van der Waals surface area contributed by atoms with Crippen LogP contribution in [0.5, 0.6) is 0 Å². The molecule has 0 fully saturated rings. The van der Waals surface area contributed by atoms with Crippen LogP contribution in [0.1, 0.15) is 0 Å². The summed E-state index contributed by atoms with van der Waals surface area (Å²) in [6.07, 6.45) is 0. The third-order valence-corrected chi connectivity index (χ3v) is 21.9. The fraction of sp³-hybridized carbons (Fsp3) is 0. The summed E-state index contributed by atoms with van der Waals surface area (Å²) >= 11 is 0. The molecule has 0 aliphatic heterocycles. The summed E-state index contributed by atoms with van der Waals surface area (Å²) in [4.78, 5) is 0. The van der Waals surface area contributed by atoms with Crippen LogP contribution in [0, 0.1) is 0 Å². The van der Waals surface area contributed by atoms with Gasteiger partial charge >= 0.3 is 0 Å². The van der Waals surface area contributed by atoms with Crippen molar-refractivity contribution in [2.45, 2.75) is 0 Å². The van der Waals surface area contributed by atoms with Crippen molar-refractivity contribution in [3.63, 3.8) is 0 Å². The third-order valence-electron chi connectivity index (χ3n) is 12.2. The zero-order valence-corrected chi connectivity index (χ0v) is 55.4. The molecule has 0 saturated carbocycles. The fourth-order valence-electron chi connectivity index (χ4n) is 8.71. The first-order valence-corrected chi connectivity index (χ1v) is 31.0. The minimum atomic E-state index is -0.446. The number of rotatable bonds is 12. The van der Waals surface area contributed by atoms with E-state index in [0.717, 1.165) is 0 Å². The zero-order valence-electron chi connectivity index (χ0n) is 44.0. The molecular formula is C72H60P4Pd5. The van der Waals surface area contributed by atoms with Gasteiger partial charge in [-0.2, -0.15) is 0 Å². The summed E-state index contributed by atoms with van der Waals surface area (Å²) in [5, 5.41) is 16.8. The molecule has 12 aromatic rings. The van der Waals surface area contributed by atoms with E-state index in [0.29, 0.717) is 0 Å². The van der Waals surface area contributed by atoms with Gasteiger partial charge in [-0.25, -0.2) is 0 Å². The van der Waals surface area contributed by atoms with E-state index in [4.69, 9.17) is 0 Å². The summed E-state index contributed by atoms with van der Waals surface area (Å²) in [6.45, 7) is 0. The van der Waals surface area contributed by atoms with Gasteiger partial charge in [-0.15, -0.1) is 0 Å². The molecule has 9 heteroatoms. The van der Waals surface area contributed by atoms with Crippen molar-refractivity contribution in [3.05, 3.63) is 364 Å². The molecule has 0 atom stereocenters. The van der Waals surface area contributed by atoms with Gasteiger partial charge in [0.1, 0.15) is 0 Å². The van der Waals surface area contributed by atoms with Crippen LogP contribution in [0.15, 0.2) is 364 Å². The van der Waals surface area contributed by atoms with Crippen LogP contribution in [-0.2, 0) is 102 Å². The van der Waals surface area contributed by atoms with Gasteiger partial charge in [0.2, 0.25) is 0 Å². The average Bonchev–Trinajstić information content (AvgIpc) is 3.52. The molecule has 0 aliphatic rings. The Morgan fingerprint density at radius 3 is 0.222 bits per heavy atom. The molecule has 0 aromatic heterocycles. The van der Waals surface area contributed by atoms with Crippen LogP contribution in [0.4, 0.5) is 0 Å². The van der Waals surface area contributed by atoms with Gasteiger partial charge < -0.3 is 0 Å². The second-order valence-electron chi connectivity index (χ2n) is 17.4. The first-order chi connectivity index (χ1) is 37.8. The van der Waals surface area contributed by atoms with Crippen molar-refractivity contribution in [3.8, 4) is 0 Å². The Balaban J connectivity index is 0.000000228. The maximum atomic E-state index is 2.23. The number of hydrogen-bond donors (Lipinski definition) is 0. The second kappa shape index (κ2) is 39.3. The van der Waals surface area contributed by atoms with E-state index < -0.39 is 31.7 Å². The van der Waals surface area contributed by atoms with E-state index in [-0.39, 0.29) is 102 Å². The molecule has 0 spiro atoms. The van der Waals surface area contributed by atoms with Crippen LogP contribution >= 0.6 is 31.7 Å². The van der Waals surface area contributed by atoms with Crippen molar-refractivity contribution < 1.29 is 102 Å². The molecule has 0 radical (unpaired) electrons. The van der Waals surface area contributed by atoms with E-state index >= 15 is 0 Å². The van der Waals surface area contributed by atoms with E-state index in [1.807, 2.05) is 0 Å². The van der Waals surface area contributed by atoms with Crippen molar-refractivity contribution in [2.75, 3.05) is 0 Å². The van der Waals surface area contributed by atoms with Crippen LogP contribution in [0.2, 0.25) is 0 Å². The van der Waals surface area contributed by atoms with Crippen molar-refractivity contribution in [2.24, 2.45) is 0 Å². The second-order valence-corrected chi connectivity index (χ2v) is 26.2. The summed E-state index contributed by atoms with van der Waals surface area (Å²) in [6, 6.07) is 129. The molecule has 0 N–H and O–H groups in total. The molecule has 0 saturated heterocycles. The maximum Gasteiger partial charge on any atom is 0 e.